The third-order valence-corrected chi connectivity index (χ3v) is 4.71. The average molecular weight is 340 g/mol. The number of rotatable bonds is 3. The molecule has 1 saturated heterocycles. The van der Waals surface area contributed by atoms with Crippen LogP contribution in [0.1, 0.15) is 40.0 Å². The van der Waals surface area contributed by atoms with Gasteiger partial charge >= 0.3 is 0 Å². The molecule has 0 aliphatic carbocycles. The van der Waals surface area contributed by atoms with Crippen LogP contribution < -0.4 is 10.2 Å². The number of aromatic nitrogens is 2. The molecule has 0 radical (unpaired) electrons. The van der Waals surface area contributed by atoms with Gasteiger partial charge in [-0.15, -0.1) is 0 Å². The van der Waals surface area contributed by atoms with Crippen molar-refractivity contribution in [1.82, 2.24) is 15.1 Å². The number of nitrogens with zero attached hydrogens (tertiary/aromatic N) is 3. The van der Waals surface area contributed by atoms with Gasteiger partial charge in [0.15, 0.2) is 0 Å². The summed E-state index contributed by atoms with van der Waals surface area (Å²) in [7, 11) is 1.83. The number of piperidine rings is 1. The van der Waals surface area contributed by atoms with Gasteiger partial charge in [-0.05, 0) is 44.7 Å². The fraction of sp³-hybridized carbons (Fsp3) is 0.421. The highest BCUT2D eigenvalue weighted by Crippen LogP contribution is 2.22. The standard InChI is InChI=1S/C19H24N4O2/c1-12-7-5-8-13(2)17(12)18(24)20-15-9-6-10-23(19(15)25)16-11-14(3)21-22(16)4/h5,7-8,11,15H,6,9-10H2,1-4H3,(H,20,24)/t15-/m1/s1. The Morgan fingerprint density at radius 3 is 2.52 bits per heavy atom. The second kappa shape index (κ2) is 6.70. The minimum atomic E-state index is -0.504. The lowest BCUT2D eigenvalue weighted by molar-refractivity contribution is -0.121. The van der Waals surface area contributed by atoms with E-state index in [1.54, 1.807) is 9.58 Å². The first-order chi connectivity index (χ1) is 11.9. The maximum absolute atomic E-state index is 12.9. The quantitative estimate of drug-likeness (QED) is 0.932. The van der Waals surface area contributed by atoms with Gasteiger partial charge in [-0.2, -0.15) is 5.10 Å². The van der Waals surface area contributed by atoms with Crippen LogP contribution in [0.5, 0.6) is 0 Å². The van der Waals surface area contributed by atoms with Gasteiger partial charge in [-0.3, -0.25) is 19.2 Å². The maximum atomic E-state index is 12.9. The van der Waals surface area contributed by atoms with Crippen LogP contribution in [0.2, 0.25) is 0 Å². The third-order valence-electron chi connectivity index (χ3n) is 4.71. The minimum absolute atomic E-state index is 0.0752. The fourth-order valence-electron chi connectivity index (χ4n) is 3.49. The first kappa shape index (κ1) is 17.2. The topological polar surface area (TPSA) is 67.2 Å². The van der Waals surface area contributed by atoms with Crippen molar-refractivity contribution >= 4 is 17.6 Å². The highest BCUT2D eigenvalue weighted by molar-refractivity contribution is 6.03. The molecule has 6 heteroatoms. The molecule has 2 heterocycles. The van der Waals surface area contributed by atoms with Gasteiger partial charge in [-0.25, -0.2) is 0 Å². The van der Waals surface area contributed by atoms with Crippen molar-refractivity contribution in [3.63, 3.8) is 0 Å². The Kier molecular flexibility index (Phi) is 4.61. The Morgan fingerprint density at radius 2 is 1.92 bits per heavy atom. The molecule has 1 atom stereocenters. The molecule has 3 rings (SSSR count). The van der Waals surface area contributed by atoms with Crippen molar-refractivity contribution in [2.45, 2.75) is 39.7 Å². The Labute approximate surface area is 147 Å². The summed E-state index contributed by atoms with van der Waals surface area (Å²) in [6.45, 7) is 6.37. The molecule has 1 aliphatic heterocycles. The Hall–Kier alpha value is -2.63. The van der Waals surface area contributed by atoms with E-state index in [4.69, 9.17) is 0 Å². The van der Waals surface area contributed by atoms with E-state index in [-0.39, 0.29) is 11.8 Å². The summed E-state index contributed by atoms with van der Waals surface area (Å²) in [6.07, 6.45) is 1.50. The van der Waals surface area contributed by atoms with Crippen LogP contribution >= 0.6 is 0 Å². The van der Waals surface area contributed by atoms with Crippen LogP contribution in [-0.2, 0) is 11.8 Å². The molecule has 0 bridgehead atoms. The van der Waals surface area contributed by atoms with Crippen LogP contribution in [-0.4, -0.2) is 34.2 Å². The number of hydrogen-bond donors (Lipinski definition) is 1. The van der Waals surface area contributed by atoms with Crippen LogP contribution in [0.3, 0.4) is 0 Å². The number of carbonyl (C=O) groups is 2. The molecular formula is C19H24N4O2. The minimum Gasteiger partial charge on any atom is -0.340 e. The molecular weight excluding hydrogens is 316 g/mol. The van der Waals surface area contributed by atoms with Crippen LogP contribution in [0.25, 0.3) is 0 Å². The number of aryl methyl sites for hydroxylation is 4. The maximum Gasteiger partial charge on any atom is 0.252 e. The Bertz CT molecular complexity index is 805. The van der Waals surface area contributed by atoms with Crippen molar-refractivity contribution in [3.05, 3.63) is 46.6 Å². The van der Waals surface area contributed by atoms with Gasteiger partial charge in [-0.1, -0.05) is 18.2 Å². The monoisotopic (exact) mass is 340 g/mol. The van der Waals surface area contributed by atoms with Crippen molar-refractivity contribution in [1.29, 1.82) is 0 Å². The zero-order valence-corrected chi connectivity index (χ0v) is 15.2. The number of anilines is 1. The summed E-state index contributed by atoms with van der Waals surface area (Å²) in [5.74, 6) is 0.513. The molecule has 6 nitrogen and oxygen atoms in total. The molecule has 1 aromatic carbocycles. The van der Waals surface area contributed by atoms with Gasteiger partial charge in [0.1, 0.15) is 11.9 Å². The average Bonchev–Trinajstić information content (AvgIpc) is 2.87. The van der Waals surface area contributed by atoms with E-state index in [0.29, 0.717) is 18.5 Å². The van der Waals surface area contributed by atoms with Crippen molar-refractivity contribution < 1.29 is 9.59 Å². The van der Waals surface area contributed by atoms with E-state index in [0.717, 1.165) is 29.1 Å². The number of nitrogens with one attached hydrogen (secondary N) is 1. The molecule has 0 unspecified atom stereocenters. The SMILES string of the molecule is Cc1cc(N2CCC[C@@H](NC(=O)c3c(C)cccc3C)C2=O)n(C)n1. The fourth-order valence-corrected chi connectivity index (χ4v) is 3.49. The van der Waals surface area contributed by atoms with Gasteiger partial charge < -0.3 is 5.32 Å². The largest absolute Gasteiger partial charge is 0.340 e. The highest BCUT2D eigenvalue weighted by atomic mass is 16.2. The van der Waals surface area contributed by atoms with E-state index < -0.39 is 6.04 Å². The molecule has 0 spiro atoms. The summed E-state index contributed by atoms with van der Waals surface area (Å²) in [5, 5.41) is 7.25. The van der Waals surface area contributed by atoms with E-state index in [2.05, 4.69) is 10.4 Å². The van der Waals surface area contributed by atoms with Crippen LogP contribution in [0.15, 0.2) is 24.3 Å². The lowest BCUT2D eigenvalue weighted by Gasteiger charge is -2.32. The van der Waals surface area contributed by atoms with Crippen LogP contribution in [0.4, 0.5) is 5.82 Å². The summed E-state index contributed by atoms with van der Waals surface area (Å²) in [5.41, 5.74) is 3.36. The first-order valence-electron chi connectivity index (χ1n) is 8.57. The highest BCUT2D eigenvalue weighted by Gasteiger charge is 2.32. The predicted octanol–water partition coefficient (Wildman–Crippen LogP) is 2.27. The summed E-state index contributed by atoms with van der Waals surface area (Å²) < 4.78 is 1.71. The van der Waals surface area contributed by atoms with Crippen LogP contribution in [0, 0.1) is 20.8 Å². The molecule has 0 saturated carbocycles. The van der Waals surface area contributed by atoms with E-state index >= 15 is 0 Å². The molecule has 1 aliphatic rings. The lowest BCUT2D eigenvalue weighted by atomic mass is 10.00. The number of amides is 2. The van der Waals surface area contributed by atoms with Gasteiger partial charge in [0, 0.05) is 25.2 Å². The third kappa shape index (κ3) is 3.29. The Balaban J connectivity index is 1.80. The first-order valence-corrected chi connectivity index (χ1v) is 8.57. The van der Waals surface area contributed by atoms with E-state index in [9.17, 15) is 9.59 Å². The number of benzene rings is 1. The Morgan fingerprint density at radius 1 is 1.24 bits per heavy atom. The van der Waals surface area contributed by atoms with Gasteiger partial charge in [0.2, 0.25) is 0 Å². The molecule has 2 amide bonds. The lowest BCUT2D eigenvalue weighted by Crippen LogP contribution is -2.53. The predicted molar refractivity (Wildman–Crippen MR) is 96.7 cm³/mol. The molecule has 132 valence electrons. The van der Waals surface area contributed by atoms with Crippen molar-refractivity contribution in [2.75, 3.05) is 11.4 Å². The van der Waals surface area contributed by atoms with Gasteiger partial charge in [0.25, 0.3) is 11.8 Å². The zero-order valence-electron chi connectivity index (χ0n) is 15.2. The van der Waals surface area contributed by atoms with Gasteiger partial charge in [0.05, 0.1) is 5.69 Å². The second-order valence-electron chi connectivity index (χ2n) is 6.69. The van der Waals surface area contributed by atoms with Crippen molar-refractivity contribution in [3.8, 4) is 0 Å². The molecule has 25 heavy (non-hydrogen) atoms. The smallest absolute Gasteiger partial charge is 0.252 e. The normalized spacial score (nSPS) is 17.7. The summed E-state index contributed by atoms with van der Waals surface area (Å²) >= 11 is 0. The second-order valence-corrected chi connectivity index (χ2v) is 6.69. The van der Waals surface area contributed by atoms with Crippen molar-refractivity contribution in [2.24, 2.45) is 7.05 Å². The molecule has 1 aromatic heterocycles. The zero-order chi connectivity index (χ0) is 18.1. The summed E-state index contributed by atoms with van der Waals surface area (Å²) in [6, 6.07) is 7.15. The van der Waals surface area contributed by atoms with E-state index in [1.165, 1.54) is 0 Å². The molecule has 1 N–H and O–H groups in total. The number of carbonyl (C=O) groups excluding carboxylic acids is 2. The molecule has 1 fully saturated rings. The summed E-state index contributed by atoms with van der Waals surface area (Å²) in [4.78, 5) is 27.3. The van der Waals surface area contributed by atoms with E-state index in [1.807, 2.05) is 52.1 Å². The molecule has 2 aromatic rings. The number of hydrogen-bond acceptors (Lipinski definition) is 3.